The fraction of sp³-hybridized carbons (Fsp3) is 0.588. The molecule has 1 saturated carbocycles. The lowest BCUT2D eigenvalue weighted by Crippen LogP contribution is -2.35. The van der Waals surface area contributed by atoms with Crippen molar-refractivity contribution >= 4 is 23.6 Å². The fourth-order valence-corrected chi connectivity index (χ4v) is 3.47. The Morgan fingerprint density at radius 3 is 2.48 bits per heavy atom. The van der Waals surface area contributed by atoms with Gasteiger partial charge in [0.15, 0.2) is 0 Å². The molecule has 0 aromatic carbocycles. The zero-order chi connectivity index (χ0) is 19.9. The number of carbonyl (C=O) groups excluding carboxylic acids is 2. The fourth-order valence-electron chi connectivity index (χ4n) is 2.81. The molecule has 0 bridgehead atoms. The summed E-state index contributed by atoms with van der Waals surface area (Å²) >= 11 is 1.19. The summed E-state index contributed by atoms with van der Waals surface area (Å²) in [5.41, 5.74) is -1.78. The smallest absolute Gasteiger partial charge is 0.354 e. The van der Waals surface area contributed by atoms with Crippen LogP contribution in [0.1, 0.15) is 31.2 Å². The first kappa shape index (κ1) is 21.3. The first-order valence-corrected chi connectivity index (χ1v) is 9.82. The van der Waals surface area contributed by atoms with E-state index in [1.807, 2.05) is 0 Å². The van der Waals surface area contributed by atoms with Crippen molar-refractivity contribution in [1.29, 1.82) is 0 Å². The van der Waals surface area contributed by atoms with Crippen LogP contribution in [0.15, 0.2) is 23.1 Å². The third-order valence-corrected chi connectivity index (χ3v) is 5.12. The van der Waals surface area contributed by atoms with Crippen molar-refractivity contribution in [3.05, 3.63) is 34.2 Å². The van der Waals surface area contributed by atoms with E-state index >= 15 is 0 Å². The second-order valence-corrected chi connectivity index (χ2v) is 7.32. The average Bonchev–Trinajstić information content (AvgIpc) is 3.08. The number of halogens is 3. The van der Waals surface area contributed by atoms with Crippen LogP contribution in [0.5, 0.6) is 0 Å². The predicted octanol–water partition coefficient (Wildman–Crippen LogP) is 1.78. The largest absolute Gasteiger partial charge is 0.416 e. The Morgan fingerprint density at radius 1 is 1.19 bits per heavy atom. The molecule has 0 atom stereocenters. The number of aromatic nitrogens is 1. The van der Waals surface area contributed by atoms with Crippen LogP contribution in [0.3, 0.4) is 0 Å². The molecule has 0 unspecified atom stereocenters. The van der Waals surface area contributed by atoms with E-state index < -0.39 is 17.3 Å². The number of amides is 2. The molecule has 27 heavy (non-hydrogen) atoms. The molecule has 0 aliphatic heterocycles. The molecule has 1 aromatic rings. The van der Waals surface area contributed by atoms with Gasteiger partial charge in [-0.3, -0.25) is 14.4 Å². The van der Waals surface area contributed by atoms with Crippen LogP contribution in [0.2, 0.25) is 0 Å². The molecule has 0 saturated heterocycles. The molecule has 1 aliphatic carbocycles. The van der Waals surface area contributed by atoms with Crippen LogP contribution in [0, 0.1) is 0 Å². The van der Waals surface area contributed by atoms with E-state index in [-0.39, 0.29) is 42.5 Å². The topological polar surface area (TPSA) is 80.2 Å². The first-order chi connectivity index (χ1) is 12.8. The quantitative estimate of drug-likeness (QED) is 0.691. The van der Waals surface area contributed by atoms with E-state index in [0.717, 1.165) is 42.5 Å². The summed E-state index contributed by atoms with van der Waals surface area (Å²) in [6.45, 7) is 0.175. The molecule has 0 spiro atoms. The van der Waals surface area contributed by atoms with E-state index in [0.29, 0.717) is 6.07 Å². The second-order valence-electron chi connectivity index (χ2n) is 6.34. The minimum absolute atomic E-state index is 0.0650. The predicted molar refractivity (Wildman–Crippen MR) is 96.4 cm³/mol. The van der Waals surface area contributed by atoms with E-state index in [9.17, 15) is 27.6 Å². The van der Waals surface area contributed by atoms with Crippen LogP contribution in [-0.2, 0) is 22.3 Å². The highest BCUT2D eigenvalue weighted by Crippen LogP contribution is 2.27. The van der Waals surface area contributed by atoms with E-state index in [2.05, 4.69) is 10.6 Å². The number of nitrogens with zero attached hydrogens (tertiary/aromatic N) is 1. The van der Waals surface area contributed by atoms with Gasteiger partial charge in [-0.25, -0.2) is 0 Å². The van der Waals surface area contributed by atoms with Gasteiger partial charge in [-0.2, -0.15) is 13.2 Å². The van der Waals surface area contributed by atoms with E-state index in [1.165, 1.54) is 11.8 Å². The summed E-state index contributed by atoms with van der Waals surface area (Å²) in [6.07, 6.45) is 0.749. The Kier molecular flexibility index (Phi) is 7.76. The summed E-state index contributed by atoms with van der Waals surface area (Å²) in [5, 5.41) is 5.51. The maximum atomic E-state index is 12.5. The van der Waals surface area contributed by atoms with Gasteiger partial charge in [0.05, 0.1) is 17.1 Å². The van der Waals surface area contributed by atoms with Gasteiger partial charge in [-0.05, 0) is 18.9 Å². The molecular formula is C17H22F3N3O3S. The van der Waals surface area contributed by atoms with Gasteiger partial charge < -0.3 is 15.2 Å². The monoisotopic (exact) mass is 405 g/mol. The maximum Gasteiger partial charge on any atom is 0.416 e. The number of alkyl halides is 3. The molecule has 2 N–H and O–H groups in total. The van der Waals surface area contributed by atoms with E-state index in [1.54, 1.807) is 0 Å². The SMILES string of the molecule is O=C(CSCC(=O)NC1CCCC1)NCCn1ccc(C(F)(F)F)cc1=O. The van der Waals surface area contributed by atoms with Gasteiger partial charge >= 0.3 is 6.18 Å². The Labute approximate surface area is 158 Å². The maximum absolute atomic E-state index is 12.5. The summed E-state index contributed by atoms with van der Waals surface area (Å²) in [7, 11) is 0. The number of carbonyl (C=O) groups is 2. The summed E-state index contributed by atoms with van der Waals surface area (Å²) in [4.78, 5) is 35.1. The van der Waals surface area contributed by atoms with Gasteiger partial charge in [-0.1, -0.05) is 12.8 Å². The average molecular weight is 405 g/mol. The lowest BCUT2D eigenvalue weighted by atomic mass is 10.2. The van der Waals surface area contributed by atoms with Crippen LogP contribution in [-0.4, -0.2) is 40.5 Å². The van der Waals surface area contributed by atoms with Crippen molar-refractivity contribution in [2.75, 3.05) is 18.1 Å². The van der Waals surface area contributed by atoms with Crippen molar-refractivity contribution in [3.63, 3.8) is 0 Å². The summed E-state index contributed by atoms with van der Waals surface area (Å²) in [5.74, 6) is -0.0907. The van der Waals surface area contributed by atoms with Gasteiger partial charge in [0.2, 0.25) is 11.8 Å². The molecule has 1 aliphatic rings. The van der Waals surface area contributed by atoms with Crippen molar-refractivity contribution in [2.45, 2.75) is 44.4 Å². The van der Waals surface area contributed by atoms with Crippen LogP contribution < -0.4 is 16.2 Å². The molecule has 10 heteroatoms. The Balaban J connectivity index is 1.64. The Bertz CT molecular complexity index is 715. The number of thioether (sulfide) groups is 1. The molecule has 2 rings (SSSR count). The first-order valence-electron chi connectivity index (χ1n) is 8.67. The minimum atomic E-state index is -4.56. The summed E-state index contributed by atoms with van der Waals surface area (Å²) < 4.78 is 38.6. The molecule has 150 valence electrons. The number of pyridine rings is 1. The lowest BCUT2D eigenvalue weighted by molar-refractivity contribution is -0.137. The number of hydrogen-bond acceptors (Lipinski definition) is 4. The third-order valence-electron chi connectivity index (χ3n) is 4.18. The normalized spacial score (nSPS) is 14.9. The zero-order valence-corrected chi connectivity index (χ0v) is 15.5. The second kappa shape index (κ2) is 9.82. The molecule has 1 heterocycles. The highest BCUT2D eigenvalue weighted by molar-refractivity contribution is 8.00. The van der Waals surface area contributed by atoms with Gasteiger partial charge in [0, 0.05) is 31.4 Å². The van der Waals surface area contributed by atoms with Gasteiger partial charge in [0.25, 0.3) is 5.56 Å². The highest BCUT2D eigenvalue weighted by Gasteiger charge is 2.30. The van der Waals surface area contributed by atoms with Gasteiger partial charge in [0.1, 0.15) is 0 Å². The van der Waals surface area contributed by atoms with Crippen molar-refractivity contribution < 1.29 is 22.8 Å². The summed E-state index contributed by atoms with van der Waals surface area (Å²) in [6, 6.07) is 1.59. The van der Waals surface area contributed by atoms with Crippen LogP contribution >= 0.6 is 11.8 Å². The molecule has 0 radical (unpaired) electrons. The number of hydrogen-bond donors (Lipinski definition) is 2. The minimum Gasteiger partial charge on any atom is -0.354 e. The number of rotatable bonds is 8. The molecule has 1 aromatic heterocycles. The number of nitrogens with one attached hydrogen (secondary N) is 2. The Morgan fingerprint density at radius 2 is 1.85 bits per heavy atom. The van der Waals surface area contributed by atoms with Crippen molar-refractivity contribution in [1.82, 2.24) is 15.2 Å². The van der Waals surface area contributed by atoms with E-state index in [4.69, 9.17) is 0 Å². The standard InChI is InChI=1S/C17H22F3N3O3S/c18-17(19,20)12-5-7-23(16(26)9-12)8-6-21-14(24)10-27-11-15(25)22-13-3-1-2-4-13/h5,7,9,13H,1-4,6,8,10-11H2,(H,21,24)(H,22,25). The Hall–Kier alpha value is -1.97. The molecule has 2 amide bonds. The van der Waals surface area contributed by atoms with Crippen LogP contribution in [0.4, 0.5) is 13.2 Å². The third kappa shape index (κ3) is 7.28. The van der Waals surface area contributed by atoms with Gasteiger partial charge in [-0.15, -0.1) is 11.8 Å². The molecular weight excluding hydrogens is 383 g/mol. The van der Waals surface area contributed by atoms with Crippen molar-refractivity contribution in [3.8, 4) is 0 Å². The lowest BCUT2D eigenvalue weighted by Gasteiger charge is -2.12. The zero-order valence-electron chi connectivity index (χ0n) is 14.7. The molecule has 1 fully saturated rings. The van der Waals surface area contributed by atoms with Crippen molar-refractivity contribution in [2.24, 2.45) is 0 Å². The van der Waals surface area contributed by atoms with Crippen LogP contribution in [0.25, 0.3) is 0 Å². The molecule has 6 nitrogen and oxygen atoms in total. The highest BCUT2D eigenvalue weighted by atomic mass is 32.2.